The lowest BCUT2D eigenvalue weighted by atomic mass is 9.89. The summed E-state index contributed by atoms with van der Waals surface area (Å²) >= 11 is 3.35. The van der Waals surface area contributed by atoms with Crippen LogP contribution in [0.2, 0.25) is 0 Å². The number of halogens is 1. The van der Waals surface area contributed by atoms with Crippen LogP contribution in [0.15, 0.2) is 41.0 Å². The molecule has 1 saturated heterocycles. The molecule has 1 aliphatic heterocycles. The fraction of sp³-hybridized carbons (Fsp3) is 0.312. The number of H-pyrrole nitrogens is 1. The highest BCUT2D eigenvalue weighted by Gasteiger charge is 2.25. The van der Waals surface area contributed by atoms with Crippen molar-refractivity contribution in [2.75, 3.05) is 13.1 Å². The summed E-state index contributed by atoms with van der Waals surface area (Å²) in [5.74, 6) is 0.818. The van der Waals surface area contributed by atoms with Crippen LogP contribution in [0.4, 0.5) is 0 Å². The molecule has 0 unspecified atom stereocenters. The Bertz CT molecular complexity index is 628. The van der Waals surface area contributed by atoms with Crippen molar-refractivity contribution < 1.29 is 9.90 Å². The van der Waals surface area contributed by atoms with Crippen LogP contribution in [-0.4, -0.2) is 34.0 Å². The molecule has 2 heterocycles. The molecule has 1 fully saturated rings. The predicted octanol–water partition coefficient (Wildman–Crippen LogP) is 3.50. The SMILES string of the molecule is O=C(c1cc(Br)c[nH]1)N1CCC(c2ccc(O)cc2)CC1. The van der Waals surface area contributed by atoms with Crippen molar-refractivity contribution in [2.45, 2.75) is 18.8 Å². The molecule has 1 amide bonds. The van der Waals surface area contributed by atoms with Crippen LogP contribution in [-0.2, 0) is 0 Å². The van der Waals surface area contributed by atoms with E-state index in [1.54, 1.807) is 18.3 Å². The molecular formula is C16H17BrN2O2. The van der Waals surface area contributed by atoms with Crippen LogP contribution in [0.25, 0.3) is 0 Å². The second-order valence-corrected chi connectivity index (χ2v) is 6.31. The average Bonchev–Trinajstić information content (AvgIpc) is 2.94. The van der Waals surface area contributed by atoms with Gasteiger partial charge in [0.25, 0.3) is 5.91 Å². The third-order valence-electron chi connectivity index (χ3n) is 4.02. The van der Waals surface area contributed by atoms with Crippen molar-refractivity contribution in [1.82, 2.24) is 9.88 Å². The monoisotopic (exact) mass is 348 g/mol. The lowest BCUT2D eigenvalue weighted by Crippen LogP contribution is -2.38. The highest BCUT2D eigenvalue weighted by atomic mass is 79.9. The lowest BCUT2D eigenvalue weighted by molar-refractivity contribution is 0.0708. The summed E-state index contributed by atoms with van der Waals surface area (Å²) in [5, 5.41) is 9.34. The molecule has 0 saturated carbocycles. The number of aromatic nitrogens is 1. The number of benzene rings is 1. The van der Waals surface area contributed by atoms with Crippen molar-refractivity contribution >= 4 is 21.8 Å². The molecule has 110 valence electrons. The van der Waals surface area contributed by atoms with Gasteiger partial charge < -0.3 is 15.0 Å². The van der Waals surface area contributed by atoms with Crippen molar-refractivity contribution in [3.05, 3.63) is 52.3 Å². The van der Waals surface area contributed by atoms with Crippen molar-refractivity contribution in [3.63, 3.8) is 0 Å². The van der Waals surface area contributed by atoms with Gasteiger partial charge in [-0.15, -0.1) is 0 Å². The Kier molecular flexibility index (Phi) is 4.01. The van der Waals surface area contributed by atoms with Crippen LogP contribution in [0.3, 0.4) is 0 Å². The van der Waals surface area contributed by atoms with Crippen LogP contribution in [0, 0.1) is 0 Å². The fourth-order valence-corrected chi connectivity index (χ4v) is 3.17. The average molecular weight is 349 g/mol. The summed E-state index contributed by atoms with van der Waals surface area (Å²) in [6.45, 7) is 1.53. The van der Waals surface area contributed by atoms with Crippen molar-refractivity contribution in [3.8, 4) is 5.75 Å². The first-order valence-corrected chi connectivity index (χ1v) is 7.85. The molecule has 2 aromatic rings. The van der Waals surface area contributed by atoms with E-state index < -0.39 is 0 Å². The number of hydrogen-bond donors (Lipinski definition) is 2. The summed E-state index contributed by atoms with van der Waals surface area (Å²) < 4.78 is 0.893. The Hall–Kier alpha value is -1.75. The molecule has 0 aliphatic carbocycles. The molecule has 3 rings (SSSR count). The first-order chi connectivity index (χ1) is 10.1. The van der Waals surface area contributed by atoms with Gasteiger partial charge >= 0.3 is 0 Å². The smallest absolute Gasteiger partial charge is 0.270 e. The van der Waals surface area contributed by atoms with E-state index in [1.165, 1.54) is 5.56 Å². The number of carbonyl (C=O) groups excluding carboxylic acids is 1. The number of amides is 1. The van der Waals surface area contributed by atoms with E-state index in [0.717, 1.165) is 30.4 Å². The Morgan fingerprint density at radius 2 is 1.90 bits per heavy atom. The van der Waals surface area contributed by atoms with Crippen LogP contribution >= 0.6 is 15.9 Å². The van der Waals surface area contributed by atoms with Gasteiger partial charge in [-0.25, -0.2) is 0 Å². The minimum absolute atomic E-state index is 0.0601. The van der Waals surface area contributed by atoms with E-state index in [0.29, 0.717) is 17.4 Å². The highest BCUT2D eigenvalue weighted by molar-refractivity contribution is 9.10. The summed E-state index contributed by atoms with van der Waals surface area (Å²) in [7, 11) is 0. The second kappa shape index (κ2) is 5.93. The van der Waals surface area contributed by atoms with Crippen molar-refractivity contribution in [2.24, 2.45) is 0 Å². The zero-order chi connectivity index (χ0) is 14.8. The Morgan fingerprint density at radius 1 is 1.24 bits per heavy atom. The highest BCUT2D eigenvalue weighted by Crippen LogP contribution is 2.29. The van der Waals surface area contributed by atoms with Crippen LogP contribution < -0.4 is 0 Å². The number of nitrogens with zero attached hydrogens (tertiary/aromatic N) is 1. The molecule has 1 aliphatic rings. The molecule has 2 N–H and O–H groups in total. The summed E-state index contributed by atoms with van der Waals surface area (Å²) in [4.78, 5) is 17.2. The maximum atomic E-state index is 12.3. The van der Waals surface area contributed by atoms with E-state index in [2.05, 4.69) is 20.9 Å². The van der Waals surface area contributed by atoms with Gasteiger partial charge in [0.05, 0.1) is 0 Å². The molecular weight excluding hydrogens is 332 g/mol. The van der Waals surface area contributed by atoms with E-state index >= 15 is 0 Å². The topological polar surface area (TPSA) is 56.3 Å². The number of aromatic amines is 1. The Labute approximate surface area is 131 Å². The lowest BCUT2D eigenvalue weighted by Gasteiger charge is -2.32. The first-order valence-electron chi connectivity index (χ1n) is 7.05. The molecule has 5 heteroatoms. The van der Waals surface area contributed by atoms with E-state index in [9.17, 15) is 9.90 Å². The van der Waals surface area contributed by atoms with Gasteiger partial charge in [0.2, 0.25) is 0 Å². The minimum Gasteiger partial charge on any atom is -0.508 e. The molecule has 1 aromatic heterocycles. The maximum Gasteiger partial charge on any atom is 0.270 e. The quantitative estimate of drug-likeness (QED) is 0.872. The van der Waals surface area contributed by atoms with Crippen molar-refractivity contribution in [1.29, 1.82) is 0 Å². The van der Waals surface area contributed by atoms with E-state index in [1.807, 2.05) is 23.1 Å². The number of likely N-dealkylation sites (tertiary alicyclic amines) is 1. The van der Waals surface area contributed by atoms with E-state index in [-0.39, 0.29) is 5.91 Å². The molecule has 0 radical (unpaired) electrons. The first kappa shape index (κ1) is 14.2. The second-order valence-electron chi connectivity index (χ2n) is 5.39. The van der Waals surface area contributed by atoms with Crippen LogP contribution in [0.1, 0.15) is 34.8 Å². The number of phenols is 1. The van der Waals surface area contributed by atoms with Gasteiger partial charge in [0.1, 0.15) is 11.4 Å². The summed E-state index contributed by atoms with van der Waals surface area (Å²) in [5.41, 5.74) is 1.87. The Balaban J connectivity index is 1.62. The number of aromatic hydroxyl groups is 1. The minimum atomic E-state index is 0.0601. The van der Waals surface area contributed by atoms with Gasteiger partial charge in [0.15, 0.2) is 0 Å². The fourth-order valence-electron chi connectivity index (χ4n) is 2.82. The number of carbonyl (C=O) groups is 1. The molecule has 0 bridgehead atoms. The molecule has 0 atom stereocenters. The van der Waals surface area contributed by atoms with E-state index in [4.69, 9.17) is 0 Å². The summed E-state index contributed by atoms with van der Waals surface area (Å²) in [6.07, 6.45) is 3.69. The number of nitrogens with one attached hydrogen (secondary N) is 1. The zero-order valence-corrected chi connectivity index (χ0v) is 13.1. The van der Waals surface area contributed by atoms with Gasteiger partial charge in [-0.1, -0.05) is 12.1 Å². The maximum absolute atomic E-state index is 12.3. The summed E-state index contributed by atoms with van der Waals surface area (Å²) in [6, 6.07) is 9.21. The van der Waals surface area contributed by atoms with Gasteiger partial charge in [-0.2, -0.15) is 0 Å². The third kappa shape index (κ3) is 3.13. The largest absolute Gasteiger partial charge is 0.508 e. The number of hydrogen-bond acceptors (Lipinski definition) is 2. The number of piperidine rings is 1. The molecule has 4 nitrogen and oxygen atoms in total. The normalized spacial score (nSPS) is 16.1. The Morgan fingerprint density at radius 3 is 2.48 bits per heavy atom. The standard InChI is InChI=1S/C16H17BrN2O2/c17-13-9-15(18-10-13)16(21)19-7-5-12(6-8-19)11-1-3-14(20)4-2-11/h1-4,9-10,12,18,20H,5-8H2. The van der Waals surface area contributed by atoms with Crippen LogP contribution in [0.5, 0.6) is 5.75 Å². The zero-order valence-electron chi connectivity index (χ0n) is 11.6. The molecule has 21 heavy (non-hydrogen) atoms. The molecule has 1 aromatic carbocycles. The van der Waals surface area contributed by atoms with Gasteiger partial charge in [-0.3, -0.25) is 4.79 Å². The third-order valence-corrected chi connectivity index (χ3v) is 4.48. The number of rotatable bonds is 2. The van der Waals surface area contributed by atoms with Gasteiger partial charge in [0, 0.05) is 23.8 Å². The molecule has 0 spiro atoms. The predicted molar refractivity (Wildman–Crippen MR) is 84.5 cm³/mol. The number of phenolic OH excluding ortho intramolecular Hbond substituents is 1. The van der Waals surface area contributed by atoms with Gasteiger partial charge in [-0.05, 0) is 58.5 Å².